The molecule has 6 nitrogen and oxygen atoms in total. The number of methoxy groups -OCH3 is 1. The quantitative estimate of drug-likeness (QED) is 0.588. The highest BCUT2D eigenvalue weighted by Crippen LogP contribution is 2.31. The van der Waals surface area contributed by atoms with Crippen molar-refractivity contribution in [1.82, 2.24) is 0 Å². The lowest BCUT2D eigenvalue weighted by molar-refractivity contribution is -0.146. The number of hydrogen-bond acceptors (Lipinski definition) is 6. The summed E-state index contributed by atoms with van der Waals surface area (Å²) in [7, 11) is -1.37. The van der Waals surface area contributed by atoms with Crippen molar-refractivity contribution in [3.05, 3.63) is 35.9 Å². The Morgan fingerprint density at radius 2 is 1.89 bits per heavy atom. The minimum Gasteiger partial charge on any atom is -0.463 e. The molecule has 0 N–H and O–H groups in total. The molecule has 7 heteroatoms. The SMILES string of the molecule is CCO[P+](=O)C(OC(=O)c1ccccc1)C(=O)OC. The Balaban J connectivity index is 2.80. The Morgan fingerprint density at radius 3 is 2.42 bits per heavy atom. The van der Waals surface area contributed by atoms with Gasteiger partial charge in [0.15, 0.2) is 0 Å². The van der Waals surface area contributed by atoms with Crippen molar-refractivity contribution in [2.75, 3.05) is 13.7 Å². The molecule has 1 aromatic carbocycles. The Labute approximate surface area is 111 Å². The molecule has 2 atom stereocenters. The molecule has 0 bridgehead atoms. The van der Waals surface area contributed by atoms with Crippen LogP contribution in [0.15, 0.2) is 30.3 Å². The summed E-state index contributed by atoms with van der Waals surface area (Å²) in [6.07, 6.45) is 0. The van der Waals surface area contributed by atoms with Crippen LogP contribution in [-0.4, -0.2) is 31.5 Å². The van der Waals surface area contributed by atoms with Gasteiger partial charge in [-0.05, 0) is 23.6 Å². The molecule has 2 unspecified atom stereocenters. The van der Waals surface area contributed by atoms with E-state index >= 15 is 0 Å². The monoisotopic (exact) mass is 285 g/mol. The van der Waals surface area contributed by atoms with Gasteiger partial charge in [0.25, 0.3) is 0 Å². The molecule has 0 aliphatic carbocycles. The normalized spacial score (nSPS) is 12.4. The Hall–Kier alpha value is -1.78. The summed E-state index contributed by atoms with van der Waals surface area (Å²) in [6.45, 7) is 1.74. The minimum atomic E-state index is -2.48. The summed E-state index contributed by atoms with van der Waals surface area (Å²) in [4.78, 5) is 23.2. The molecular weight excluding hydrogens is 271 g/mol. The van der Waals surface area contributed by atoms with E-state index in [0.29, 0.717) is 0 Å². The van der Waals surface area contributed by atoms with Gasteiger partial charge in [0.05, 0.1) is 19.3 Å². The van der Waals surface area contributed by atoms with Crippen LogP contribution >= 0.6 is 8.03 Å². The molecule has 0 aromatic heterocycles. The number of carbonyl (C=O) groups is 2. The Morgan fingerprint density at radius 1 is 1.26 bits per heavy atom. The number of rotatable bonds is 6. The van der Waals surface area contributed by atoms with Gasteiger partial charge >= 0.3 is 25.8 Å². The molecule has 0 spiro atoms. The molecule has 0 aliphatic heterocycles. The second-order valence-electron chi connectivity index (χ2n) is 3.35. The molecule has 0 amide bonds. The van der Waals surface area contributed by atoms with Gasteiger partial charge in [0, 0.05) is 0 Å². The maximum Gasteiger partial charge on any atom is 0.566 e. The molecule has 0 radical (unpaired) electrons. The highest BCUT2D eigenvalue weighted by Gasteiger charge is 2.44. The Bertz CT molecular complexity index is 459. The molecule has 0 aliphatic rings. The van der Waals surface area contributed by atoms with Crippen LogP contribution in [0.5, 0.6) is 0 Å². The molecule has 1 aromatic rings. The molecule has 102 valence electrons. The van der Waals surface area contributed by atoms with Crippen molar-refractivity contribution in [2.24, 2.45) is 0 Å². The first-order valence-corrected chi connectivity index (χ1v) is 6.78. The molecule has 0 fully saturated rings. The van der Waals surface area contributed by atoms with E-state index in [1.165, 1.54) is 12.1 Å². The van der Waals surface area contributed by atoms with Gasteiger partial charge in [-0.2, -0.15) is 0 Å². The van der Waals surface area contributed by atoms with Crippen LogP contribution in [0.2, 0.25) is 0 Å². The minimum absolute atomic E-state index is 0.131. The molecule has 0 saturated heterocycles. The van der Waals surface area contributed by atoms with E-state index in [1.807, 2.05) is 0 Å². The van der Waals surface area contributed by atoms with Crippen LogP contribution in [0.3, 0.4) is 0 Å². The topological polar surface area (TPSA) is 78.9 Å². The van der Waals surface area contributed by atoms with Crippen LogP contribution in [0.4, 0.5) is 0 Å². The van der Waals surface area contributed by atoms with E-state index in [-0.39, 0.29) is 12.2 Å². The van der Waals surface area contributed by atoms with Crippen molar-refractivity contribution in [2.45, 2.75) is 12.8 Å². The van der Waals surface area contributed by atoms with E-state index in [1.54, 1.807) is 25.1 Å². The molecule has 19 heavy (non-hydrogen) atoms. The first kappa shape index (κ1) is 15.3. The predicted octanol–water partition coefficient (Wildman–Crippen LogP) is 2.12. The van der Waals surface area contributed by atoms with Gasteiger partial charge in [-0.25, -0.2) is 9.59 Å². The lowest BCUT2D eigenvalue weighted by atomic mass is 10.2. The standard InChI is InChI=1S/C12H14O6P/c1-3-17-19(15)12(11(14)16-2)18-10(13)9-7-5-4-6-8-9/h4-8,12H,3H2,1-2H3/q+1. The van der Waals surface area contributed by atoms with Crippen molar-refractivity contribution >= 4 is 20.0 Å². The lowest BCUT2D eigenvalue weighted by Gasteiger charge is -2.06. The zero-order chi connectivity index (χ0) is 14.3. The van der Waals surface area contributed by atoms with Crippen molar-refractivity contribution in [3.8, 4) is 0 Å². The molecule has 1 rings (SSSR count). The zero-order valence-electron chi connectivity index (χ0n) is 10.6. The zero-order valence-corrected chi connectivity index (χ0v) is 11.5. The summed E-state index contributed by atoms with van der Waals surface area (Å²) < 4.78 is 25.8. The first-order valence-electron chi connectivity index (χ1n) is 5.53. The van der Waals surface area contributed by atoms with E-state index in [2.05, 4.69) is 4.74 Å². The van der Waals surface area contributed by atoms with E-state index in [9.17, 15) is 14.2 Å². The summed E-state index contributed by atoms with van der Waals surface area (Å²) in [5.74, 6) is -3.24. The average molecular weight is 285 g/mol. The van der Waals surface area contributed by atoms with Crippen molar-refractivity contribution in [1.29, 1.82) is 0 Å². The van der Waals surface area contributed by atoms with E-state index in [4.69, 9.17) is 9.26 Å². The summed E-state index contributed by atoms with van der Waals surface area (Å²) in [5, 5.41) is 0. The molecule has 0 heterocycles. The second-order valence-corrected chi connectivity index (χ2v) is 4.65. The molecular formula is C12H14O6P+. The summed E-state index contributed by atoms with van der Waals surface area (Å²) >= 11 is 0. The van der Waals surface area contributed by atoms with Crippen molar-refractivity contribution in [3.63, 3.8) is 0 Å². The number of ether oxygens (including phenoxy) is 2. The molecule has 0 saturated carbocycles. The van der Waals surface area contributed by atoms with Crippen molar-refractivity contribution < 1.29 is 28.2 Å². The third-order valence-corrected chi connectivity index (χ3v) is 3.29. The van der Waals surface area contributed by atoms with Gasteiger partial charge in [-0.1, -0.05) is 18.2 Å². The maximum atomic E-state index is 11.8. The summed E-state index contributed by atoms with van der Waals surface area (Å²) in [6, 6.07) is 8.06. The van der Waals surface area contributed by atoms with Gasteiger partial charge in [-0.15, -0.1) is 4.52 Å². The predicted molar refractivity (Wildman–Crippen MR) is 66.9 cm³/mol. The lowest BCUT2D eigenvalue weighted by Crippen LogP contribution is -2.26. The maximum absolute atomic E-state index is 11.8. The Kier molecular flexibility index (Phi) is 6.12. The number of benzene rings is 1. The van der Waals surface area contributed by atoms with Crippen LogP contribution in [0, 0.1) is 0 Å². The third-order valence-electron chi connectivity index (χ3n) is 2.08. The van der Waals surface area contributed by atoms with Gasteiger partial charge < -0.3 is 9.47 Å². The highest BCUT2D eigenvalue weighted by atomic mass is 31.1. The number of esters is 2. The van der Waals surface area contributed by atoms with Gasteiger partial charge in [0.2, 0.25) is 0 Å². The smallest absolute Gasteiger partial charge is 0.463 e. The van der Waals surface area contributed by atoms with Crippen LogP contribution in [0.25, 0.3) is 0 Å². The fourth-order valence-corrected chi connectivity index (χ4v) is 2.07. The fourth-order valence-electron chi connectivity index (χ4n) is 1.22. The number of hydrogen-bond donors (Lipinski definition) is 0. The largest absolute Gasteiger partial charge is 0.566 e. The number of carbonyl (C=O) groups excluding carboxylic acids is 2. The third kappa shape index (κ3) is 4.43. The van der Waals surface area contributed by atoms with Crippen LogP contribution in [0.1, 0.15) is 17.3 Å². The average Bonchev–Trinajstić information content (AvgIpc) is 2.44. The summed E-state index contributed by atoms with van der Waals surface area (Å²) in [5.41, 5.74) is 0.247. The van der Waals surface area contributed by atoms with Gasteiger partial charge in [-0.3, -0.25) is 0 Å². The fraction of sp³-hybridized carbons (Fsp3) is 0.333. The van der Waals surface area contributed by atoms with Crippen LogP contribution in [-0.2, 0) is 23.4 Å². The second kappa shape index (κ2) is 7.61. The van der Waals surface area contributed by atoms with Crippen LogP contribution < -0.4 is 0 Å². The first-order chi connectivity index (χ1) is 9.10. The highest BCUT2D eigenvalue weighted by molar-refractivity contribution is 7.41. The van der Waals surface area contributed by atoms with E-state index in [0.717, 1.165) is 7.11 Å². The van der Waals surface area contributed by atoms with E-state index < -0.39 is 25.8 Å². The van der Waals surface area contributed by atoms with Gasteiger partial charge in [0.1, 0.15) is 0 Å².